The van der Waals surface area contributed by atoms with E-state index in [1.165, 1.54) is 0 Å². The Morgan fingerprint density at radius 1 is 1.23 bits per heavy atom. The zero-order valence-electron chi connectivity index (χ0n) is 12.3. The number of ether oxygens (including phenoxy) is 1. The molecule has 22 heavy (non-hydrogen) atoms. The van der Waals surface area contributed by atoms with Crippen molar-refractivity contribution in [2.75, 3.05) is 18.1 Å². The van der Waals surface area contributed by atoms with Crippen LogP contribution in [0.1, 0.15) is 20.8 Å². The Hall–Kier alpha value is -1.84. The zero-order valence-corrected chi connectivity index (χ0v) is 13.1. The predicted molar refractivity (Wildman–Crippen MR) is 71.6 cm³/mol. The highest BCUT2D eigenvalue weighted by molar-refractivity contribution is 7.90. The van der Waals surface area contributed by atoms with Gasteiger partial charge in [-0.1, -0.05) is 0 Å². The number of rotatable bonds is 4. The second-order valence-electron chi connectivity index (χ2n) is 5.42. The van der Waals surface area contributed by atoms with Crippen LogP contribution in [0.3, 0.4) is 0 Å². The number of esters is 1. The first-order valence-corrected chi connectivity index (χ1v) is 7.92. The molecule has 0 aliphatic heterocycles. The summed E-state index contributed by atoms with van der Waals surface area (Å²) in [5.41, 5.74) is -1.92. The summed E-state index contributed by atoms with van der Waals surface area (Å²) in [5, 5.41) is 0.736. The van der Waals surface area contributed by atoms with E-state index < -0.39 is 56.2 Å². The third-order valence-corrected chi connectivity index (χ3v) is 3.16. The summed E-state index contributed by atoms with van der Waals surface area (Å²) >= 11 is 0. The quantitative estimate of drug-likeness (QED) is 0.663. The fourth-order valence-electron chi connectivity index (χ4n) is 1.43. The van der Waals surface area contributed by atoms with Crippen molar-refractivity contribution in [3.8, 4) is 0 Å². The van der Waals surface area contributed by atoms with Crippen molar-refractivity contribution in [1.29, 1.82) is 0 Å². The van der Waals surface area contributed by atoms with Crippen LogP contribution in [-0.4, -0.2) is 37.8 Å². The summed E-state index contributed by atoms with van der Waals surface area (Å²) in [7, 11) is -4.21. The number of nitrogens with one attached hydrogen (secondary N) is 1. The first-order valence-electron chi connectivity index (χ1n) is 6.03. The predicted octanol–water partition coefficient (Wildman–Crippen LogP) is 1.66. The molecule has 0 saturated carbocycles. The van der Waals surface area contributed by atoms with Gasteiger partial charge in [-0.3, -0.25) is 4.79 Å². The number of anilines is 1. The molecule has 0 atom stereocenters. The van der Waals surface area contributed by atoms with Gasteiger partial charge in [-0.15, -0.1) is 0 Å². The molecule has 124 valence electrons. The van der Waals surface area contributed by atoms with Crippen molar-refractivity contribution in [2.24, 2.45) is 0 Å². The van der Waals surface area contributed by atoms with E-state index in [9.17, 15) is 26.4 Å². The van der Waals surface area contributed by atoms with Crippen molar-refractivity contribution < 1.29 is 31.1 Å². The van der Waals surface area contributed by atoms with E-state index in [1.54, 1.807) is 20.8 Å². The van der Waals surface area contributed by atoms with Crippen molar-refractivity contribution >= 4 is 21.5 Å². The molecule has 0 saturated heterocycles. The fraction of sp³-hybridized carbons (Fsp3) is 0.500. The molecule has 1 heterocycles. The molecule has 1 rings (SSSR count). The average molecular weight is 340 g/mol. The molecule has 1 N–H and O–H groups in total. The molecule has 0 unspecified atom stereocenters. The standard InChI is InChI=1S/C12H15F3N2O4S/c1-12(2,3)21-6(18)5-16-9-7(13)10(15)17-11(8(9)14)22(4,19)20/h5H2,1-4H3,(H,16,17). The molecule has 6 nitrogen and oxygen atoms in total. The van der Waals surface area contributed by atoms with Crippen molar-refractivity contribution in [3.63, 3.8) is 0 Å². The molecule has 0 bridgehead atoms. The van der Waals surface area contributed by atoms with Gasteiger partial charge in [0.15, 0.2) is 20.7 Å². The lowest BCUT2D eigenvalue weighted by Crippen LogP contribution is -2.28. The maximum atomic E-state index is 13.9. The minimum absolute atomic E-state index is 0.591. The Bertz CT molecular complexity index is 699. The van der Waals surface area contributed by atoms with Gasteiger partial charge in [0.25, 0.3) is 5.95 Å². The van der Waals surface area contributed by atoms with Gasteiger partial charge in [-0.2, -0.15) is 8.78 Å². The minimum Gasteiger partial charge on any atom is -0.459 e. The van der Waals surface area contributed by atoms with E-state index in [0.717, 1.165) is 0 Å². The van der Waals surface area contributed by atoms with E-state index in [1.807, 2.05) is 5.32 Å². The fourth-order valence-corrected chi connectivity index (χ4v) is 2.11. The van der Waals surface area contributed by atoms with E-state index in [-0.39, 0.29) is 0 Å². The number of hydrogen-bond donors (Lipinski definition) is 1. The molecule has 0 aromatic carbocycles. The normalized spacial score (nSPS) is 12.1. The molecule has 0 aliphatic rings. The molecule has 0 spiro atoms. The summed E-state index contributed by atoms with van der Waals surface area (Å²) in [4.78, 5) is 14.2. The van der Waals surface area contributed by atoms with Gasteiger partial charge in [0, 0.05) is 6.26 Å². The van der Waals surface area contributed by atoms with Crippen LogP contribution in [0.4, 0.5) is 18.9 Å². The van der Waals surface area contributed by atoms with Crippen LogP contribution in [0.2, 0.25) is 0 Å². The van der Waals surface area contributed by atoms with Crippen LogP contribution in [-0.2, 0) is 19.4 Å². The summed E-state index contributed by atoms with van der Waals surface area (Å²) in [5.74, 6) is -5.99. The number of pyridine rings is 1. The van der Waals surface area contributed by atoms with E-state index in [4.69, 9.17) is 4.74 Å². The molecule has 0 amide bonds. The minimum atomic E-state index is -4.21. The lowest BCUT2D eigenvalue weighted by Gasteiger charge is -2.20. The highest BCUT2D eigenvalue weighted by Gasteiger charge is 2.26. The molecule has 1 aromatic heterocycles. The molecule has 0 radical (unpaired) electrons. The van der Waals surface area contributed by atoms with Gasteiger partial charge in [-0.05, 0) is 20.8 Å². The Balaban J connectivity index is 3.10. The lowest BCUT2D eigenvalue weighted by atomic mass is 10.2. The highest BCUT2D eigenvalue weighted by Crippen LogP contribution is 2.25. The number of hydrogen-bond acceptors (Lipinski definition) is 6. The first-order chi connectivity index (χ1) is 9.83. The number of aromatic nitrogens is 1. The first kappa shape index (κ1) is 18.2. The van der Waals surface area contributed by atoms with Crippen molar-refractivity contribution in [1.82, 2.24) is 4.98 Å². The Kier molecular flexibility index (Phi) is 5.06. The molecule has 1 aromatic rings. The van der Waals surface area contributed by atoms with Crippen LogP contribution in [0, 0.1) is 17.6 Å². The van der Waals surface area contributed by atoms with Crippen molar-refractivity contribution in [3.05, 3.63) is 17.6 Å². The van der Waals surface area contributed by atoms with Gasteiger partial charge in [0.2, 0.25) is 5.82 Å². The number of nitrogens with zero attached hydrogens (tertiary/aromatic N) is 1. The van der Waals surface area contributed by atoms with E-state index >= 15 is 0 Å². The van der Waals surface area contributed by atoms with Crippen LogP contribution in [0.25, 0.3) is 0 Å². The van der Waals surface area contributed by atoms with Crippen LogP contribution in [0.15, 0.2) is 5.03 Å². The number of sulfone groups is 1. The smallest absolute Gasteiger partial charge is 0.325 e. The average Bonchev–Trinajstić information content (AvgIpc) is 2.30. The second kappa shape index (κ2) is 6.11. The lowest BCUT2D eigenvalue weighted by molar-refractivity contribution is -0.152. The SMILES string of the molecule is CC(C)(C)OC(=O)CNc1c(F)c(F)nc(S(C)(=O)=O)c1F. The summed E-state index contributed by atoms with van der Waals surface area (Å²) in [6, 6.07) is 0. The Labute approximate surface area is 125 Å². The van der Waals surface area contributed by atoms with Gasteiger partial charge in [-0.25, -0.2) is 17.8 Å². The summed E-state index contributed by atoms with van der Waals surface area (Å²) < 4.78 is 68.2. The molecular weight excluding hydrogens is 325 g/mol. The number of carbonyl (C=O) groups excluding carboxylic acids is 1. The van der Waals surface area contributed by atoms with Crippen LogP contribution >= 0.6 is 0 Å². The summed E-state index contributed by atoms with van der Waals surface area (Å²) in [6.45, 7) is 4.07. The van der Waals surface area contributed by atoms with E-state index in [2.05, 4.69) is 4.98 Å². The second-order valence-corrected chi connectivity index (χ2v) is 7.35. The van der Waals surface area contributed by atoms with Gasteiger partial charge in [0.05, 0.1) is 0 Å². The van der Waals surface area contributed by atoms with Gasteiger partial charge >= 0.3 is 5.97 Å². The van der Waals surface area contributed by atoms with Gasteiger partial charge in [0.1, 0.15) is 17.8 Å². The topological polar surface area (TPSA) is 85.4 Å². The highest BCUT2D eigenvalue weighted by atomic mass is 32.2. The van der Waals surface area contributed by atoms with Crippen LogP contribution in [0.5, 0.6) is 0 Å². The van der Waals surface area contributed by atoms with E-state index in [0.29, 0.717) is 6.26 Å². The monoisotopic (exact) mass is 340 g/mol. The Morgan fingerprint density at radius 3 is 2.23 bits per heavy atom. The number of carbonyl (C=O) groups is 1. The third kappa shape index (κ3) is 4.58. The Morgan fingerprint density at radius 2 is 1.77 bits per heavy atom. The summed E-state index contributed by atoms with van der Waals surface area (Å²) in [6.07, 6.45) is 0.591. The van der Waals surface area contributed by atoms with Crippen LogP contribution < -0.4 is 5.32 Å². The number of halogens is 3. The van der Waals surface area contributed by atoms with Crippen molar-refractivity contribution in [2.45, 2.75) is 31.4 Å². The maximum Gasteiger partial charge on any atom is 0.325 e. The molecule has 0 fully saturated rings. The zero-order chi connectivity index (χ0) is 17.3. The maximum absolute atomic E-state index is 13.9. The largest absolute Gasteiger partial charge is 0.459 e. The van der Waals surface area contributed by atoms with Gasteiger partial charge < -0.3 is 10.1 Å². The molecule has 10 heteroatoms. The molecular formula is C12H15F3N2O4S. The molecule has 0 aliphatic carbocycles. The third-order valence-electron chi connectivity index (χ3n) is 2.19.